The molecule has 0 spiro atoms. The molecule has 21 heavy (non-hydrogen) atoms. The minimum atomic E-state index is -0.284. The van der Waals surface area contributed by atoms with Crippen LogP contribution in [0.25, 0.3) is 0 Å². The number of carbonyl (C=O) groups is 1. The Morgan fingerprint density at radius 2 is 2.24 bits per heavy atom. The number of halogens is 1. The van der Waals surface area contributed by atoms with Crippen molar-refractivity contribution in [2.75, 3.05) is 26.3 Å². The highest BCUT2D eigenvalue weighted by molar-refractivity contribution is 9.10. The lowest BCUT2D eigenvalue weighted by molar-refractivity contribution is -0.122. The Morgan fingerprint density at radius 1 is 1.48 bits per heavy atom. The van der Waals surface area contributed by atoms with Crippen LogP contribution in [0, 0.1) is 12.3 Å². The summed E-state index contributed by atoms with van der Waals surface area (Å²) in [7, 11) is 0. The van der Waals surface area contributed by atoms with Crippen LogP contribution in [0.4, 0.5) is 0 Å². The van der Waals surface area contributed by atoms with Crippen LogP contribution in [0.2, 0.25) is 0 Å². The second-order valence-corrected chi connectivity index (χ2v) is 5.00. The standard InChI is InChI=1S/C15H19BrN2O3/c1-3-7-18-14(19)10-21-15-12(16)8-11(5-6-17)9-13(15)20-4-2/h1,8-9H,4-7,10,17H2,2H3,(H,18,19). The van der Waals surface area contributed by atoms with Crippen LogP contribution >= 0.6 is 15.9 Å². The Kier molecular flexibility index (Phi) is 7.65. The minimum absolute atomic E-state index is 0.128. The van der Waals surface area contributed by atoms with Crippen LogP contribution in [0.3, 0.4) is 0 Å². The van der Waals surface area contributed by atoms with Gasteiger partial charge in [0.15, 0.2) is 18.1 Å². The van der Waals surface area contributed by atoms with Crippen molar-refractivity contribution in [3.63, 3.8) is 0 Å². The maximum atomic E-state index is 11.5. The third-order valence-electron chi connectivity index (χ3n) is 2.54. The number of amides is 1. The fourth-order valence-corrected chi connectivity index (χ4v) is 2.28. The largest absolute Gasteiger partial charge is 0.490 e. The van der Waals surface area contributed by atoms with Crippen molar-refractivity contribution in [3.8, 4) is 23.8 Å². The number of nitrogens with one attached hydrogen (secondary N) is 1. The Balaban J connectivity index is 2.84. The average molecular weight is 355 g/mol. The van der Waals surface area contributed by atoms with Crippen LogP contribution in [0.15, 0.2) is 16.6 Å². The molecule has 0 aromatic heterocycles. The Labute approximate surface area is 133 Å². The van der Waals surface area contributed by atoms with Gasteiger partial charge in [0, 0.05) is 0 Å². The van der Waals surface area contributed by atoms with E-state index < -0.39 is 0 Å². The van der Waals surface area contributed by atoms with Crippen molar-refractivity contribution in [1.29, 1.82) is 0 Å². The Bertz CT molecular complexity index is 526. The van der Waals surface area contributed by atoms with E-state index in [0.717, 1.165) is 16.5 Å². The molecular weight excluding hydrogens is 336 g/mol. The molecule has 0 atom stereocenters. The van der Waals surface area contributed by atoms with E-state index in [2.05, 4.69) is 27.2 Å². The molecule has 0 fully saturated rings. The summed E-state index contributed by atoms with van der Waals surface area (Å²) in [6.45, 7) is 2.98. The smallest absolute Gasteiger partial charge is 0.258 e. The predicted octanol–water partition coefficient (Wildman–Crippen LogP) is 1.48. The SMILES string of the molecule is C#CCNC(=O)COc1c(Br)cc(CCN)cc1OCC. The average Bonchev–Trinajstić information content (AvgIpc) is 2.45. The minimum Gasteiger partial charge on any atom is -0.490 e. The fourth-order valence-electron chi connectivity index (χ4n) is 1.67. The monoisotopic (exact) mass is 354 g/mol. The fraction of sp³-hybridized carbons (Fsp3) is 0.400. The zero-order valence-electron chi connectivity index (χ0n) is 11.9. The molecule has 114 valence electrons. The molecule has 0 bridgehead atoms. The first-order valence-corrected chi connectivity index (χ1v) is 7.39. The Morgan fingerprint density at radius 3 is 2.86 bits per heavy atom. The van der Waals surface area contributed by atoms with Gasteiger partial charge < -0.3 is 20.5 Å². The van der Waals surface area contributed by atoms with Crippen molar-refractivity contribution < 1.29 is 14.3 Å². The van der Waals surface area contributed by atoms with E-state index >= 15 is 0 Å². The quantitative estimate of drug-likeness (QED) is 0.693. The van der Waals surface area contributed by atoms with Gasteiger partial charge in [0.05, 0.1) is 17.6 Å². The maximum Gasteiger partial charge on any atom is 0.258 e. The van der Waals surface area contributed by atoms with E-state index in [0.29, 0.717) is 24.7 Å². The van der Waals surface area contributed by atoms with Gasteiger partial charge in [0.2, 0.25) is 0 Å². The Hall–Kier alpha value is -1.71. The molecule has 0 aliphatic rings. The van der Waals surface area contributed by atoms with Crippen LogP contribution in [-0.2, 0) is 11.2 Å². The topological polar surface area (TPSA) is 73.6 Å². The van der Waals surface area contributed by atoms with E-state index in [1.165, 1.54) is 0 Å². The third-order valence-corrected chi connectivity index (χ3v) is 3.13. The number of carbonyl (C=O) groups excluding carboxylic acids is 1. The van der Waals surface area contributed by atoms with Crippen LogP contribution in [0.5, 0.6) is 11.5 Å². The van der Waals surface area contributed by atoms with E-state index in [-0.39, 0.29) is 19.1 Å². The van der Waals surface area contributed by atoms with Crippen LogP contribution in [-0.4, -0.2) is 32.2 Å². The normalized spacial score (nSPS) is 9.81. The third kappa shape index (κ3) is 5.66. The van der Waals surface area contributed by atoms with Gasteiger partial charge in [-0.25, -0.2) is 0 Å². The molecule has 6 heteroatoms. The maximum absolute atomic E-state index is 11.5. The molecular formula is C15H19BrN2O3. The molecule has 1 aromatic carbocycles. The van der Waals surface area contributed by atoms with Gasteiger partial charge in [0.1, 0.15) is 0 Å². The molecule has 0 radical (unpaired) electrons. The van der Waals surface area contributed by atoms with Gasteiger partial charge in [-0.1, -0.05) is 5.92 Å². The van der Waals surface area contributed by atoms with Gasteiger partial charge in [-0.2, -0.15) is 0 Å². The van der Waals surface area contributed by atoms with Gasteiger partial charge in [-0.05, 0) is 53.5 Å². The van der Waals surface area contributed by atoms with Crippen molar-refractivity contribution >= 4 is 21.8 Å². The molecule has 5 nitrogen and oxygen atoms in total. The number of terminal acetylenes is 1. The number of hydrogen-bond donors (Lipinski definition) is 2. The lowest BCUT2D eigenvalue weighted by Crippen LogP contribution is -2.29. The van der Waals surface area contributed by atoms with Crippen molar-refractivity contribution in [2.45, 2.75) is 13.3 Å². The summed E-state index contributed by atoms with van der Waals surface area (Å²) < 4.78 is 11.8. The summed E-state index contributed by atoms with van der Waals surface area (Å²) in [5, 5.41) is 2.53. The van der Waals surface area contributed by atoms with E-state index in [1.54, 1.807) is 0 Å². The molecule has 0 unspecified atom stereocenters. The molecule has 0 aliphatic carbocycles. The van der Waals surface area contributed by atoms with Crippen LogP contribution < -0.4 is 20.5 Å². The number of ether oxygens (including phenoxy) is 2. The lowest BCUT2D eigenvalue weighted by Gasteiger charge is -2.15. The molecule has 1 rings (SSSR count). The van der Waals surface area contributed by atoms with Gasteiger partial charge in [0.25, 0.3) is 5.91 Å². The molecule has 0 heterocycles. The lowest BCUT2D eigenvalue weighted by atomic mass is 10.1. The zero-order valence-corrected chi connectivity index (χ0v) is 13.5. The highest BCUT2D eigenvalue weighted by atomic mass is 79.9. The summed E-state index contributed by atoms with van der Waals surface area (Å²) >= 11 is 3.43. The van der Waals surface area contributed by atoms with E-state index in [4.69, 9.17) is 21.6 Å². The summed E-state index contributed by atoms with van der Waals surface area (Å²) in [5.41, 5.74) is 6.60. The number of nitrogens with two attached hydrogens (primary N) is 1. The number of hydrogen-bond acceptors (Lipinski definition) is 4. The summed E-state index contributed by atoms with van der Waals surface area (Å²) in [4.78, 5) is 11.5. The second-order valence-electron chi connectivity index (χ2n) is 4.15. The molecule has 1 aromatic rings. The first kappa shape index (κ1) is 17.3. The highest BCUT2D eigenvalue weighted by Gasteiger charge is 2.13. The van der Waals surface area contributed by atoms with Gasteiger partial charge >= 0.3 is 0 Å². The van der Waals surface area contributed by atoms with Crippen LogP contribution in [0.1, 0.15) is 12.5 Å². The summed E-state index contributed by atoms with van der Waals surface area (Å²) in [6, 6.07) is 3.78. The number of rotatable bonds is 8. The predicted molar refractivity (Wildman–Crippen MR) is 85.4 cm³/mol. The first-order valence-electron chi connectivity index (χ1n) is 6.60. The van der Waals surface area contributed by atoms with Crippen molar-refractivity contribution in [2.24, 2.45) is 5.73 Å². The van der Waals surface area contributed by atoms with E-state index in [1.807, 2.05) is 19.1 Å². The molecule has 1 amide bonds. The number of benzene rings is 1. The highest BCUT2D eigenvalue weighted by Crippen LogP contribution is 2.37. The van der Waals surface area contributed by atoms with E-state index in [9.17, 15) is 4.79 Å². The molecule has 0 saturated heterocycles. The zero-order chi connectivity index (χ0) is 15.7. The summed E-state index contributed by atoms with van der Waals surface area (Å²) in [5.74, 6) is 3.12. The van der Waals surface area contributed by atoms with Gasteiger partial charge in [-0.15, -0.1) is 6.42 Å². The molecule has 0 aliphatic heterocycles. The van der Waals surface area contributed by atoms with Crippen molar-refractivity contribution in [3.05, 3.63) is 22.2 Å². The van der Waals surface area contributed by atoms with Crippen molar-refractivity contribution in [1.82, 2.24) is 5.32 Å². The summed E-state index contributed by atoms with van der Waals surface area (Å²) in [6.07, 6.45) is 5.81. The molecule has 3 N–H and O–H groups in total. The molecule has 0 saturated carbocycles. The van der Waals surface area contributed by atoms with Gasteiger partial charge in [-0.3, -0.25) is 4.79 Å². The first-order chi connectivity index (χ1) is 10.1. The second kappa shape index (κ2) is 9.27.